The number of hydrogen-bond donors (Lipinski definition) is 1. The first-order chi connectivity index (χ1) is 19.1. The Morgan fingerprint density at radius 2 is 1.88 bits per heavy atom. The Hall–Kier alpha value is -5.17. The minimum absolute atomic E-state index is 0.219. The molecule has 40 heavy (non-hydrogen) atoms. The largest absolute Gasteiger partial charge is 0.416 e. The minimum Gasteiger partial charge on any atom is -0.323 e. The molecule has 1 amide bonds. The van der Waals surface area contributed by atoms with Crippen molar-refractivity contribution in [2.75, 3.05) is 5.32 Å². The number of amides is 1. The highest BCUT2D eigenvalue weighted by Crippen LogP contribution is 2.32. The lowest BCUT2D eigenvalue weighted by molar-refractivity contribution is -0.137. The van der Waals surface area contributed by atoms with E-state index in [-0.39, 0.29) is 29.4 Å². The van der Waals surface area contributed by atoms with Gasteiger partial charge in [0.15, 0.2) is 11.4 Å². The summed E-state index contributed by atoms with van der Waals surface area (Å²) in [6.07, 6.45) is 2.98. The van der Waals surface area contributed by atoms with Crippen molar-refractivity contribution in [1.29, 1.82) is 0 Å². The topological polar surface area (TPSA) is 81.3 Å². The molecule has 0 saturated carbocycles. The molecule has 0 spiro atoms. The smallest absolute Gasteiger partial charge is 0.323 e. The molecule has 7 nitrogen and oxygen atoms in total. The third kappa shape index (κ3) is 5.63. The molecule has 2 aromatic carbocycles. The van der Waals surface area contributed by atoms with Gasteiger partial charge in [-0.3, -0.25) is 14.0 Å². The molecular weight excluding hydrogens is 519 g/mol. The van der Waals surface area contributed by atoms with Crippen molar-refractivity contribution in [3.8, 4) is 17.5 Å². The molecule has 0 unspecified atom stereocenters. The molecular formula is C30H22F3N5O2. The Morgan fingerprint density at radius 3 is 2.60 bits per heavy atom. The van der Waals surface area contributed by atoms with Crippen molar-refractivity contribution in [2.24, 2.45) is 0 Å². The number of aryl methyl sites for hydroxylation is 1. The number of anilines is 1. The van der Waals surface area contributed by atoms with E-state index in [1.54, 1.807) is 53.2 Å². The standard InChI is InChI=1S/C30H22F3N5O2/c1-19-5-6-23(15-22(19)7-8-25-17-35-29-27(36-20(2)39)4-3-10-38(25)29)28(40)14-21-12-24(30(31,32)33)16-26(13-21)37-11-9-34-18-37/h3-6,9-13,15-18H,14H2,1-2H3,(H,36,39). The van der Waals surface area contributed by atoms with Gasteiger partial charge in [0.1, 0.15) is 5.69 Å². The van der Waals surface area contributed by atoms with Gasteiger partial charge in [-0.1, -0.05) is 18.1 Å². The maximum atomic E-state index is 13.6. The summed E-state index contributed by atoms with van der Waals surface area (Å²) >= 11 is 0. The number of pyridine rings is 1. The van der Waals surface area contributed by atoms with Gasteiger partial charge in [0.25, 0.3) is 0 Å². The van der Waals surface area contributed by atoms with Crippen molar-refractivity contribution >= 4 is 23.0 Å². The van der Waals surface area contributed by atoms with Crippen LogP contribution >= 0.6 is 0 Å². The van der Waals surface area contributed by atoms with E-state index in [9.17, 15) is 22.8 Å². The lowest BCUT2D eigenvalue weighted by Gasteiger charge is -2.13. The van der Waals surface area contributed by atoms with Gasteiger partial charge in [0.05, 0.1) is 23.8 Å². The fourth-order valence-electron chi connectivity index (χ4n) is 4.24. The highest BCUT2D eigenvalue weighted by atomic mass is 19.4. The van der Waals surface area contributed by atoms with Gasteiger partial charge in [0, 0.05) is 48.7 Å². The van der Waals surface area contributed by atoms with Crippen molar-refractivity contribution in [2.45, 2.75) is 26.4 Å². The number of imidazole rings is 2. The molecule has 0 bridgehead atoms. The van der Waals surface area contributed by atoms with Gasteiger partial charge >= 0.3 is 6.18 Å². The van der Waals surface area contributed by atoms with E-state index in [1.807, 2.05) is 6.92 Å². The van der Waals surface area contributed by atoms with Crippen LogP contribution in [-0.2, 0) is 17.4 Å². The van der Waals surface area contributed by atoms with Gasteiger partial charge < -0.3 is 9.88 Å². The summed E-state index contributed by atoms with van der Waals surface area (Å²) in [6, 6.07) is 12.1. The summed E-state index contributed by atoms with van der Waals surface area (Å²) in [5, 5.41) is 2.73. The summed E-state index contributed by atoms with van der Waals surface area (Å²) in [6.45, 7) is 3.27. The number of nitrogens with one attached hydrogen (secondary N) is 1. The summed E-state index contributed by atoms with van der Waals surface area (Å²) in [7, 11) is 0. The number of rotatable bonds is 5. The molecule has 0 saturated heterocycles. The first kappa shape index (κ1) is 26.4. The van der Waals surface area contributed by atoms with Gasteiger partial charge in [-0.15, -0.1) is 0 Å². The van der Waals surface area contributed by atoms with Crippen molar-refractivity contribution in [1.82, 2.24) is 18.9 Å². The van der Waals surface area contributed by atoms with E-state index < -0.39 is 11.7 Å². The Labute approximate surface area is 227 Å². The average molecular weight is 542 g/mol. The van der Waals surface area contributed by atoms with Gasteiger partial charge in [-0.2, -0.15) is 13.2 Å². The fourth-order valence-corrected chi connectivity index (χ4v) is 4.24. The molecule has 200 valence electrons. The number of hydrogen-bond acceptors (Lipinski definition) is 4. The monoisotopic (exact) mass is 541 g/mol. The van der Waals surface area contributed by atoms with Crippen LogP contribution in [-0.4, -0.2) is 30.6 Å². The highest BCUT2D eigenvalue weighted by Gasteiger charge is 2.31. The van der Waals surface area contributed by atoms with E-state index in [1.165, 1.54) is 30.2 Å². The van der Waals surface area contributed by atoms with Gasteiger partial charge in [-0.25, -0.2) is 9.97 Å². The first-order valence-corrected chi connectivity index (χ1v) is 12.2. The second-order valence-electron chi connectivity index (χ2n) is 9.18. The lowest BCUT2D eigenvalue weighted by atomic mass is 9.97. The third-order valence-corrected chi connectivity index (χ3v) is 6.20. The molecule has 5 rings (SSSR count). The molecule has 0 aliphatic rings. The van der Waals surface area contributed by atoms with Crippen LogP contribution in [0.5, 0.6) is 0 Å². The van der Waals surface area contributed by atoms with Crippen LogP contribution in [0.15, 0.2) is 79.6 Å². The maximum absolute atomic E-state index is 13.6. The number of aromatic nitrogens is 4. The third-order valence-electron chi connectivity index (χ3n) is 6.20. The number of fused-ring (bicyclic) bond motifs is 1. The summed E-state index contributed by atoms with van der Waals surface area (Å²) in [5.74, 6) is 5.58. The molecule has 0 fully saturated rings. The number of carbonyl (C=O) groups is 2. The number of nitrogens with zero attached hydrogens (tertiary/aromatic N) is 4. The van der Waals surface area contributed by atoms with Crippen LogP contribution in [0.2, 0.25) is 0 Å². The molecule has 0 aliphatic carbocycles. The van der Waals surface area contributed by atoms with Gasteiger partial charge in [-0.05, 0) is 60.4 Å². The SMILES string of the molecule is CC(=O)Nc1cccn2c(C#Cc3cc(C(=O)Cc4cc(-n5ccnc5)cc(C(F)(F)F)c4)ccc3C)cnc12. The molecule has 10 heteroatoms. The van der Waals surface area contributed by atoms with Crippen molar-refractivity contribution in [3.63, 3.8) is 0 Å². The Morgan fingerprint density at radius 1 is 1.05 bits per heavy atom. The van der Waals surface area contributed by atoms with Crippen LogP contribution in [0, 0.1) is 18.8 Å². The van der Waals surface area contributed by atoms with Crippen LogP contribution in [0.4, 0.5) is 18.9 Å². The molecule has 0 aliphatic heterocycles. The molecule has 5 aromatic rings. The average Bonchev–Trinajstić information content (AvgIpc) is 3.58. The van der Waals surface area contributed by atoms with Gasteiger partial charge in [0.2, 0.25) is 5.91 Å². The van der Waals surface area contributed by atoms with E-state index in [0.29, 0.717) is 28.2 Å². The molecule has 0 atom stereocenters. The zero-order valence-electron chi connectivity index (χ0n) is 21.5. The van der Waals surface area contributed by atoms with E-state index in [4.69, 9.17) is 0 Å². The fraction of sp³-hybridized carbons (Fsp3) is 0.133. The number of Topliss-reactive ketones (excluding diaryl/α,β-unsaturated/α-hetero) is 1. The number of benzene rings is 2. The predicted octanol–water partition coefficient (Wildman–Crippen LogP) is 5.63. The Bertz CT molecular complexity index is 1810. The van der Waals surface area contributed by atoms with Crippen molar-refractivity contribution < 1.29 is 22.8 Å². The molecule has 3 heterocycles. The number of ketones is 1. The summed E-state index contributed by atoms with van der Waals surface area (Å²) < 4.78 is 43.9. The predicted molar refractivity (Wildman–Crippen MR) is 143 cm³/mol. The number of alkyl halides is 3. The van der Waals surface area contributed by atoms with E-state index >= 15 is 0 Å². The molecule has 0 radical (unpaired) electrons. The highest BCUT2D eigenvalue weighted by molar-refractivity contribution is 5.98. The van der Waals surface area contributed by atoms with Crippen molar-refractivity contribution in [3.05, 3.63) is 113 Å². The second-order valence-corrected chi connectivity index (χ2v) is 9.18. The van der Waals surface area contributed by atoms with E-state index in [2.05, 4.69) is 27.1 Å². The minimum atomic E-state index is -4.57. The Kier molecular flexibility index (Phi) is 6.96. The zero-order chi connectivity index (χ0) is 28.4. The first-order valence-electron chi connectivity index (χ1n) is 12.2. The number of halogens is 3. The van der Waals surface area contributed by atoms with Crippen LogP contribution in [0.3, 0.4) is 0 Å². The maximum Gasteiger partial charge on any atom is 0.416 e. The second kappa shape index (κ2) is 10.5. The summed E-state index contributed by atoms with van der Waals surface area (Å²) in [5.41, 5.74) is 3.10. The van der Waals surface area contributed by atoms with Crippen LogP contribution in [0.25, 0.3) is 11.3 Å². The Balaban J connectivity index is 1.43. The van der Waals surface area contributed by atoms with E-state index in [0.717, 1.165) is 17.7 Å². The zero-order valence-corrected chi connectivity index (χ0v) is 21.5. The van der Waals surface area contributed by atoms with Crippen LogP contribution in [0.1, 0.15) is 45.2 Å². The lowest BCUT2D eigenvalue weighted by Crippen LogP contribution is -2.10. The number of carbonyl (C=O) groups excluding carboxylic acids is 2. The quantitative estimate of drug-likeness (QED) is 0.231. The molecule has 1 N–H and O–H groups in total. The summed E-state index contributed by atoms with van der Waals surface area (Å²) in [4.78, 5) is 32.9. The molecule has 3 aromatic heterocycles. The normalized spacial score (nSPS) is 11.2. The van der Waals surface area contributed by atoms with Crippen LogP contribution < -0.4 is 5.32 Å².